The van der Waals surface area contributed by atoms with E-state index in [0.717, 1.165) is 70.6 Å². The van der Waals surface area contributed by atoms with E-state index in [4.69, 9.17) is 5.11 Å². The van der Waals surface area contributed by atoms with Crippen LogP contribution in [0.5, 0.6) is 0 Å². The molecule has 0 spiro atoms. The van der Waals surface area contributed by atoms with Crippen LogP contribution in [0.25, 0.3) is 0 Å². The van der Waals surface area contributed by atoms with Crippen molar-refractivity contribution in [2.75, 3.05) is 0 Å². The zero-order valence-electron chi connectivity index (χ0n) is 14.0. The Morgan fingerprint density at radius 3 is 1.77 bits per heavy atom. The summed E-state index contributed by atoms with van der Waals surface area (Å²) in [6.45, 7) is 2.14. The molecule has 0 bridgehead atoms. The van der Waals surface area contributed by atoms with Crippen LogP contribution in [-0.2, 0) is 4.79 Å². The maximum absolute atomic E-state index is 10.3. The van der Waals surface area contributed by atoms with E-state index in [9.17, 15) is 15.0 Å². The average molecular weight is 314 g/mol. The minimum absolute atomic E-state index is 0.268. The summed E-state index contributed by atoms with van der Waals surface area (Å²) >= 11 is 0. The number of hydrogen-bond donors (Lipinski definition) is 3. The first-order valence-corrected chi connectivity index (χ1v) is 8.82. The minimum atomic E-state index is -0.716. The summed E-state index contributed by atoms with van der Waals surface area (Å²) in [5.74, 6) is -0.716. The van der Waals surface area contributed by atoms with Crippen LogP contribution in [0.4, 0.5) is 0 Å². The Morgan fingerprint density at radius 2 is 1.27 bits per heavy atom. The number of aliphatic carboxylic acids is 1. The Labute approximate surface area is 135 Å². The van der Waals surface area contributed by atoms with Gasteiger partial charge >= 0.3 is 5.97 Å². The topological polar surface area (TPSA) is 77.8 Å². The predicted octanol–water partition coefficient (Wildman–Crippen LogP) is 4.05. The van der Waals surface area contributed by atoms with Crippen LogP contribution in [0.2, 0.25) is 0 Å². The number of carboxylic acid groups (broad SMARTS) is 1. The van der Waals surface area contributed by atoms with Gasteiger partial charge in [0.2, 0.25) is 0 Å². The smallest absolute Gasteiger partial charge is 0.303 e. The fourth-order valence-corrected chi connectivity index (χ4v) is 2.39. The van der Waals surface area contributed by atoms with Crippen molar-refractivity contribution in [1.82, 2.24) is 0 Å². The Hall–Kier alpha value is -0.870. The normalized spacial score (nSPS) is 14.3. The van der Waals surface area contributed by atoms with E-state index in [1.54, 1.807) is 12.2 Å². The molecule has 22 heavy (non-hydrogen) atoms. The van der Waals surface area contributed by atoms with Gasteiger partial charge in [0.1, 0.15) is 0 Å². The van der Waals surface area contributed by atoms with Crippen molar-refractivity contribution in [2.24, 2.45) is 0 Å². The van der Waals surface area contributed by atoms with E-state index < -0.39 is 18.2 Å². The summed E-state index contributed by atoms with van der Waals surface area (Å²) in [5.41, 5.74) is 0. The average Bonchev–Trinajstić information content (AvgIpc) is 2.47. The van der Waals surface area contributed by atoms with Crippen LogP contribution < -0.4 is 0 Å². The summed E-state index contributed by atoms with van der Waals surface area (Å²) in [5, 5.41) is 28.0. The van der Waals surface area contributed by atoms with Crippen LogP contribution >= 0.6 is 0 Å². The molecule has 0 heterocycles. The summed E-state index contributed by atoms with van der Waals surface area (Å²) in [7, 11) is 0. The molecule has 0 radical (unpaired) electrons. The quantitative estimate of drug-likeness (QED) is 0.315. The second kappa shape index (κ2) is 15.0. The van der Waals surface area contributed by atoms with E-state index in [1.165, 1.54) is 0 Å². The fraction of sp³-hybridized carbons (Fsp3) is 0.833. The molecule has 0 fully saturated rings. The molecule has 0 saturated carbocycles. The van der Waals surface area contributed by atoms with E-state index in [2.05, 4.69) is 6.92 Å². The highest BCUT2D eigenvalue weighted by Crippen LogP contribution is 2.11. The van der Waals surface area contributed by atoms with Crippen molar-refractivity contribution in [2.45, 2.75) is 96.2 Å². The van der Waals surface area contributed by atoms with Crippen molar-refractivity contribution in [1.29, 1.82) is 0 Å². The zero-order valence-corrected chi connectivity index (χ0v) is 14.0. The van der Waals surface area contributed by atoms with Gasteiger partial charge in [-0.2, -0.15) is 0 Å². The second-order valence-corrected chi connectivity index (χ2v) is 6.07. The molecule has 0 rings (SSSR count). The molecule has 0 aromatic rings. The highest BCUT2D eigenvalue weighted by Gasteiger charge is 2.03. The number of aliphatic hydroxyl groups excluding tert-OH is 2. The number of unbranched alkanes of at least 4 members (excludes halogenated alkanes) is 7. The molecule has 4 nitrogen and oxygen atoms in total. The molecule has 0 amide bonds. The van der Waals surface area contributed by atoms with Gasteiger partial charge < -0.3 is 15.3 Å². The lowest BCUT2D eigenvalue weighted by atomic mass is 10.0. The molecule has 130 valence electrons. The number of hydrogen-bond acceptors (Lipinski definition) is 3. The third kappa shape index (κ3) is 15.5. The molecule has 0 aromatic heterocycles. The first-order valence-electron chi connectivity index (χ1n) is 8.82. The van der Waals surface area contributed by atoms with Gasteiger partial charge in [0, 0.05) is 6.42 Å². The van der Waals surface area contributed by atoms with Crippen molar-refractivity contribution in [3.63, 3.8) is 0 Å². The van der Waals surface area contributed by atoms with Gasteiger partial charge in [0.25, 0.3) is 0 Å². The Kier molecular flexibility index (Phi) is 14.4. The Morgan fingerprint density at radius 1 is 0.818 bits per heavy atom. The second-order valence-electron chi connectivity index (χ2n) is 6.07. The van der Waals surface area contributed by atoms with E-state index >= 15 is 0 Å². The Bertz CT molecular complexity index is 289. The van der Waals surface area contributed by atoms with Crippen LogP contribution in [0.15, 0.2) is 12.2 Å². The molecule has 2 atom stereocenters. The molecule has 0 aliphatic heterocycles. The maximum Gasteiger partial charge on any atom is 0.303 e. The van der Waals surface area contributed by atoms with E-state index in [1.807, 2.05) is 0 Å². The van der Waals surface area contributed by atoms with Gasteiger partial charge in [-0.15, -0.1) is 0 Å². The van der Waals surface area contributed by atoms with Gasteiger partial charge in [-0.05, 0) is 19.3 Å². The monoisotopic (exact) mass is 314 g/mol. The van der Waals surface area contributed by atoms with Gasteiger partial charge in [-0.25, -0.2) is 0 Å². The number of aliphatic hydroxyl groups is 2. The maximum atomic E-state index is 10.3. The molecule has 0 aliphatic carbocycles. The first-order chi connectivity index (χ1) is 10.6. The van der Waals surface area contributed by atoms with Crippen molar-refractivity contribution in [3.8, 4) is 0 Å². The highest BCUT2D eigenvalue weighted by atomic mass is 16.4. The third-order valence-corrected chi connectivity index (χ3v) is 3.80. The first kappa shape index (κ1) is 21.1. The van der Waals surface area contributed by atoms with Gasteiger partial charge in [-0.3, -0.25) is 4.79 Å². The summed E-state index contributed by atoms with van der Waals surface area (Å²) < 4.78 is 0. The van der Waals surface area contributed by atoms with Gasteiger partial charge in [0.15, 0.2) is 0 Å². The summed E-state index contributed by atoms with van der Waals surface area (Å²) in [6, 6.07) is 0. The number of carboxylic acids is 1. The van der Waals surface area contributed by atoms with Crippen LogP contribution in [0.1, 0.15) is 84.0 Å². The van der Waals surface area contributed by atoms with Crippen molar-refractivity contribution < 1.29 is 20.1 Å². The number of carbonyl (C=O) groups is 1. The summed E-state index contributed by atoms with van der Waals surface area (Å²) in [4.78, 5) is 10.3. The lowest BCUT2D eigenvalue weighted by Gasteiger charge is -2.08. The SMILES string of the molecule is CCCCC[C@H](O)/C=C/[C@H](O)CCCCCCCCC(=O)O. The third-order valence-electron chi connectivity index (χ3n) is 3.80. The molecule has 0 unspecified atom stereocenters. The fourth-order valence-electron chi connectivity index (χ4n) is 2.39. The number of rotatable bonds is 15. The molecular formula is C18H34O4. The van der Waals surface area contributed by atoms with E-state index in [-0.39, 0.29) is 6.42 Å². The minimum Gasteiger partial charge on any atom is -0.481 e. The zero-order chi connectivity index (χ0) is 16.6. The molecule has 0 aromatic carbocycles. The van der Waals surface area contributed by atoms with Gasteiger partial charge in [-0.1, -0.05) is 70.4 Å². The van der Waals surface area contributed by atoms with Crippen LogP contribution in [0.3, 0.4) is 0 Å². The summed E-state index contributed by atoms with van der Waals surface area (Å²) in [6.07, 6.45) is 13.5. The van der Waals surface area contributed by atoms with Crippen molar-refractivity contribution in [3.05, 3.63) is 12.2 Å². The molecule has 4 heteroatoms. The lowest BCUT2D eigenvalue weighted by Crippen LogP contribution is -2.06. The van der Waals surface area contributed by atoms with Crippen molar-refractivity contribution >= 4 is 5.97 Å². The molecule has 0 aliphatic rings. The predicted molar refractivity (Wildman–Crippen MR) is 89.9 cm³/mol. The molecular weight excluding hydrogens is 280 g/mol. The van der Waals surface area contributed by atoms with E-state index in [0.29, 0.717) is 0 Å². The standard InChI is InChI=1S/C18H34O4/c1-2-3-8-11-16(19)14-15-17(20)12-9-6-4-5-7-10-13-18(21)22/h14-17,19-20H,2-13H2,1H3,(H,21,22)/b15-14+/t16-,17+/m0/s1. The van der Waals surface area contributed by atoms with Gasteiger partial charge in [0.05, 0.1) is 12.2 Å². The molecule has 0 saturated heterocycles. The lowest BCUT2D eigenvalue weighted by molar-refractivity contribution is -0.137. The van der Waals surface area contributed by atoms with Crippen LogP contribution in [0, 0.1) is 0 Å². The largest absolute Gasteiger partial charge is 0.481 e. The Balaban J connectivity index is 3.44. The molecule has 3 N–H and O–H groups in total. The highest BCUT2D eigenvalue weighted by molar-refractivity contribution is 5.66. The van der Waals surface area contributed by atoms with Crippen LogP contribution in [-0.4, -0.2) is 33.5 Å².